The lowest BCUT2D eigenvalue weighted by molar-refractivity contribution is 0.298. The predicted octanol–water partition coefficient (Wildman–Crippen LogP) is 7.81. The lowest BCUT2D eigenvalue weighted by Crippen LogP contribution is -2.30. The molecule has 0 nitrogen and oxygen atoms in total. The van der Waals surface area contributed by atoms with Crippen LogP contribution in [0.4, 0.5) is 0 Å². The second-order valence-corrected chi connectivity index (χ2v) is 10.2. The van der Waals surface area contributed by atoms with Crippen LogP contribution in [0.2, 0.25) is 0 Å². The van der Waals surface area contributed by atoms with Gasteiger partial charge in [0.15, 0.2) is 0 Å². The average molecular weight is 329 g/mol. The maximum absolute atomic E-state index is 2.43. The van der Waals surface area contributed by atoms with Crippen molar-refractivity contribution >= 4 is 11.8 Å². The molecule has 134 valence electrons. The van der Waals surface area contributed by atoms with Crippen molar-refractivity contribution in [1.82, 2.24) is 0 Å². The van der Waals surface area contributed by atoms with Gasteiger partial charge in [0.25, 0.3) is 0 Å². The van der Waals surface area contributed by atoms with Gasteiger partial charge in [0.1, 0.15) is 0 Å². The fourth-order valence-electron chi connectivity index (χ4n) is 3.20. The van der Waals surface area contributed by atoms with Crippen LogP contribution in [0.3, 0.4) is 0 Å². The normalized spacial score (nSPS) is 18.3. The van der Waals surface area contributed by atoms with Gasteiger partial charge >= 0.3 is 0 Å². The Labute approximate surface area is 146 Å². The molecule has 0 N–H and O–H groups in total. The molecule has 0 heterocycles. The molecule has 22 heavy (non-hydrogen) atoms. The third-order valence-corrected chi connectivity index (χ3v) is 7.77. The van der Waals surface area contributed by atoms with Gasteiger partial charge in [-0.1, -0.05) is 94.4 Å². The summed E-state index contributed by atoms with van der Waals surface area (Å²) in [6.07, 6.45) is 8.34. The molecule has 0 aliphatic heterocycles. The first-order chi connectivity index (χ1) is 10.2. The van der Waals surface area contributed by atoms with Crippen molar-refractivity contribution in [3.63, 3.8) is 0 Å². The predicted molar refractivity (Wildman–Crippen MR) is 107 cm³/mol. The Morgan fingerprint density at radius 2 is 1.50 bits per heavy atom. The molecular formula is C21H44S. The summed E-state index contributed by atoms with van der Waals surface area (Å²) in [6.45, 7) is 21.6. The molecular weight excluding hydrogens is 284 g/mol. The van der Waals surface area contributed by atoms with E-state index in [2.05, 4.69) is 74.1 Å². The minimum Gasteiger partial charge on any atom is -0.154 e. The summed E-state index contributed by atoms with van der Waals surface area (Å²) in [7, 11) is 0. The van der Waals surface area contributed by atoms with E-state index in [0.717, 1.165) is 28.3 Å². The lowest BCUT2D eigenvalue weighted by atomic mass is 9.83. The topological polar surface area (TPSA) is 0 Å². The monoisotopic (exact) mass is 328 g/mol. The highest BCUT2D eigenvalue weighted by atomic mass is 32.2. The third-order valence-electron chi connectivity index (χ3n) is 5.41. The Balaban J connectivity index is 4.86. The summed E-state index contributed by atoms with van der Waals surface area (Å²) in [5.74, 6) is 2.61. The Morgan fingerprint density at radius 3 is 1.86 bits per heavy atom. The Bertz CT molecular complexity index is 264. The summed E-state index contributed by atoms with van der Waals surface area (Å²) in [6, 6.07) is 0. The molecule has 0 aromatic rings. The molecule has 0 bridgehead atoms. The average Bonchev–Trinajstić information content (AvgIpc) is 2.44. The number of thioether (sulfide) groups is 1. The number of hydrogen-bond donors (Lipinski definition) is 0. The van der Waals surface area contributed by atoms with Crippen LogP contribution in [0, 0.1) is 23.2 Å². The van der Waals surface area contributed by atoms with Crippen LogP contribution in [-0.4, -0.2) is 10.5 Å². The highest BCUT2D eigenvalue weighted by Gasteiger charge is 2.31. The van der Waals surface area contributed by atoms with Gasteiger partial charge in [-0.05, 0) is 29.6 Å². The first-order valence-electron chi connectivity index (χ1n) is 9.82. The fourth-order valence-corrected chi connectivity index (χ4v) is 4.91. The van der Waals surface area contributed by atoms with Crippen LogP contribution < -0.4 is 0 Å². The van der Waals surface area contributed by atoms with Crippen molar-refractivity contribution in [2.45, 2.75) is 111 Å². The number of hydrogen-bond acceptors (Lipinski definition) is 1. The van der Waals surface area contributed by atoms with Crippen molar-refractivity contribution in [1.29, 1.82) is 0 Å². The fraction of sp³-hybridized carbons (Fsp3) is 1.00. The smallest absolute Gasteiger partial charge is 0.0101 e. The molecule has 0 aromatic carbocycles. The summed E-state index contributed by atoms with van der Waals surface area (Å²) in [5.41, 5.74) is 0.405. The van der Waals surface area contributed by atoms with Crippen molar-refractivity contribution in [2.24, 2.45) is 23.2 Å². The van der Waals surface area contributed by atoms with Crippen molar-refractivity contribution in [2.75, 3.05) is 0 Å². The largest absolute Gasteiger partial charge is 0.154 e. The molecule has 0 spiro atoms. The molecule has 4 unspecified atom stereocenters. The van der Waals surface area contributed by atoms with Gasteiger partial charge < -0.3 is 0 Å². The van der Waals surface area contributed by atoms with Crippen LogP contribution in [0.25, 0.3) is 0 Å². The molecule has 4 atom stereocenters. The van der Waals surface area contributed by atoms with Gasteiger partial charge in [0, 0.05) is 10.5 Å². The van der Waals surface area contributed by atoms with Crippen molar-refractivity contribution < 1.29 is 0 Å². The molecule has 1 heteroatoms. The standard InChI is InChI=1S/C21H44S/c1-10-13-14-18(11-2)15-19(12-3)20(16(4)5)22-17(6)21(7,8)9/h16-20H,10-15H2,1-9H3. The van der Waals surface area contributed by atoms with Gasteiger partial charge in [-0.15, -0.1) is 0 Å². The molecule has 0 fully saturated rings. The van der Waals surface area contributed by atoms with Crippen LogP contribution in [-0.2, 0) is 0 Å². The van der Waals surface area contributed by atoms with E-state index in [0.29, 0.717) is 5.41 Å². The quantitative estimate of drug-likeness (QED) is 0.372. The van der Waals surface area contributed by atoms with E-state index < -0.39 is 0 Å². The molecule has 0 aromatic heterocycles. The van der Waals surface area contributed by atoms with E-state index in [1.54, 1.807) is 0 Å². The summed E-state index contributed by atoms with van der Waals surface area (Å²) in [4.78, 5) is 0. The van der Waals surface area contributed by atoms with Gasteiger partial charge in [-0.3, -0.25) is 0 Å². The van der Waals surface area contributed by atoms with Gasteiger partial charge in [-0.2, -0.15) is 11.8 Å². The zero-order valence-electron chi connectivity index (χ0n) is 17.0. The lowest BCUT2D eigenvalue weighted by Gasteiger charge is -2.37. The van der Waals surface area contributed by atoms with Crippen molar-refractivity contribution in [3.8, 4) is 0 Å². The third kappa shape index (κ3) is 8.27. The van der Waals surface area contributed by atoms with Gasteiger partial charge in [-0.25, -0.2) is 0 Å². The van der Waals surface area contributed by atoms with E-state index in [1.165, 1.54) is 38.5 Å². The molecule has 0 aliphatic carbocycles. The van der Waals surface area contributed by atoms with Gasteiger partial charge in [0.2, 0.25) is 0 Å². The number of unbranched alkanes of at least 4 members (excludes halogenated alkanes) is 1. The SMILES string of the molecule is CCCCC(CC)CC(CC)C(SC(C)C(C)(C)C)C(C)C. The molecule has 0 radical (unpaired) electrons. The van der Waals surface area contributed by atoms with Crippen molar-refractivity contribution in [3.05, 3.63) is 0 Å². The van der Waals surface area contributed by atoms with Crippen LogP contribution >= 0.6 is 11.8 Å². The highest BCUT2D eigenvalue weighted by Crippen LogP contribution is 2.41. The van der Waals surface area contributed by atoms with E-state index in [9.17, 15) is 0 Å². The summed E-state index contributed by atoms with van der Waals surface area (Å²) >= 11 is 2.27. The second-order valence-electron chi connectivity index (χ2n) is 8.67. The maximum Gasteiger partial charge on any atom is 0.0101 e. The Morgan fingerprint density at radius 1 is 0.909 bits per heavy atom. The van der Waals surface area contributed by atoms with Crippen LogP contribution in [0.1, 0.15) is 101 Å². The van der Waals surface area contributed by atoms with Crippen LogP contribution in [0.5, 0.6) is 0 Å². The Hall–Kier alpha value is 0.350. The van der Waals surface area contributed by atoms with E-state index in [-0.39, 0.29) is 0 Å². The minimum atomic E-state index is 0.405. The van der Waals surface area contributed by atoms with Crippen LogP contribution in [0.15, 0.2) is 0 Å². The Kier molecular flexibility index (Phi) is 11.2. The molecule has 0 aliphatic rings. The first-order valence-corrected chi connectivity index (χ1v) is 10.8. The highest BCUT2D eigenvalue weighted by molar-refractivity contribution is 8.00. The summed E-state index contributed by atoms with van der Waals surface area (Å²) < 4.78 is 0. The summed E-state index contributed by atoms with van der Waals surface area (Å²) in [5, 5.41) is 1.54. The van der Waals surface area contributed by atoms with E-state index in [1.807, 2.05) is 0 Å². The van der Waals surface area contributed by atoms with E-state index in [4.69, 9.17) is 0 Å². The molecule has 0 rings (SSSR count). The molecule has 0 saturated heterocycles. The minimum absolute atomic E-state index is 0.405. The van der Waals surface area contributed by atoms with E-state index >= 15 is 0 Å². The number of rotatable bonds is 11. The molecule has 0 amide bonds. The van der Waals surface area contributed by atoms with Gasteiger partial charge in [0.05, 0.1) is 0 Å². The second kappa shape index (κ2) is 11.0. The first kappa shape index (κ1) is 22.4. The zero-order chi connectivity index (χ0) is 17.3. The zero-order valence-corrected chi connectivity index (χ0v) is 17.9. The maximum atomic E-state index is 2.43. The molecule has 0 saturated carbocycles.